The minimum atomic E-state index is -0.447. The molecule has 4 rings (SSSR count). The van der Waals surface area contributed by atoms with E-state index in [4.69, 9.17) is 0 Å². The van der Waals surface area contributed by atoms with Crippen LogP contribution in [0.4, 0.5) is 0 Å². The molecule has 0 aliphatic heterocycles. The molecule has 0 radical (unpaired) electrons. The van der Waals surface area contributed by atoms with Crippen LogP contribution < -0.4 is 5.32 Å². The molecule has 3 aromatic carbocycles. The highest BCUT2D eigenvalue weighted by Crippen LogP contribution is 2.30. The topological polar surface area (TPSA) is 37.2 Å². The van der Waals surface area contributed by atoms with Gasteiger partial charge in [0.15, 0.2) is 0 Å². The molecule has 2 N–H and O–H groups in total. The fraction of sp³-hybridized carbons (Fsp3) is 0.182. The van der Waals surface area contributed by atoms with E-state index in [1.807, 2.05) is 18.2 Å². The van der Waals surface area contributed by atoms with Crippen LogP contribution in [0.25, 0.3) is 21.8 Å². The van der Waals surface area contributed by atoms with E-state index in [1.165, 1.54) is 30.9 Å². The molecule has 0 spiro atoms. The summed E-state index contributed by atoms with van der Waals surface area (Å²) in [4.78, 5) is 0. The molecule has 1 heterocycles. The number of halogens is 1. The van der Waals surface area contributed by atoms with Gasteiger partial charge in [-0.1, -0.05) is 48.5 Å². The monoisotopic (exact) mass is 456 g/mol. The van der Waals surface area contributed by atoms with Crippen molar-refractivity contribution >= 4 is 44.4 Å². The predicted molar refractivity (Wildman–Crippen MR) is 116 cm³/mol. The van der Waals surface area contributed by atoms with Gasteiger partial charge in [0.2, 0.25) is 0 Å². The SMILES string of the molecule is O[C@@H](CNCc1ccccc1)Cn1c2ccccc2c2cc(I)ccc21. The number of fused-ring (bicyclic) bond motifs is 3. The van der Waals surface area contributed by atoms with Crippen molar-refractivity contribution in [1.82, 2.24) is 9.88 Å². The Morgan fingerprint density at radius 1 is 0.885 bits per heavy atom. The fourth-order valence-electron chi connectivity index (χ4n) is 3.48. The Morgan fingerprint density at radius 2 is 1.62 bits per heavy atom. The molecule has 0 saturated heterocycles. The number of hydrogen-bond acceptors (Lipinski definition) is 2. The number of nitrogens with zero attached hydrogens (tertiary/aromatic N) is 1. The molecular weight excluding hydrogens is 435 g/mol. The maximum absolute atomic E-state index is 10.6. The van der Waals surface area contributed by atoms with Crippen LogP contribution in [0.2, 0.25) is 0 Å². The second-order valence-electron chi connectivity index (χ2n) is 6.56. The molecule has 0 bridgehead atoms. The lowest BCUT2D eigenvalue weighted by atomic mass is 10.2. The quantitative estimate of drug-likeness (QED) is 0.418. The van der Waals surface area contributed by atoms with Crippen molar-refractivity contribution in [3.63, 3.8) is 0 Å². The number of hydrogen-bond donors (Lipinski definition) is 2. The van der Waals surface area contributed by atoms with Crippen molar-refractivity contribution in [2.24, 2.45) is 0 Å². The molecule has 3 nitrogen and oxygen atoms in total. The van der Waals surface area contributed by atoms with Gasteiger partial charge in [-0.3, -0.25) is 0 Å². The van der Waals surface area contributed by atoms with Crippen molar-refractivity contribution in [2.75, 3.05) is 6.54 Å². The van der Waals surface area contributed by atoms with Crippen molar-refractivity contribution < 1.29 is 5.11 Å². The standard InChI is InChI=1S/C22H21IN2O/c23-17-10-11-22-20(12-17)19-8-4-5-9-21(19)25(22)15-18(26)14-24-13-16-6-2-1-3-7-16/h1-12,18,24,26H,13-15H2/t18-/m0/s1. The molecule has 4 aromatic rings. The summed E-state index contributed by atoms with van der Waals surface area (Å²) in [5, 5.41) is 16.4. The Bertz CT molecular complexity index is 1030. The molecule has 0 aliphatic rings. The first kappa shape index (κ1) is 17.5. The first-order valence-electron chi connectivity index (χ1n) is 8.81. The number of nitrogens with one attached hydrogen (secondary N) is 1. The minimum absolute atomic E-state index is 0.447. The van der Waals surface area contributed by atoms with Gasteiger partial charge in [-0.2, -0.15) is 0 Å². The van der Waals surface area contributed by atoms with Gasteiger partial charge < -0.3 is 15.0 Å². The molecule has 4 heteroatoms. The lowest BCUT2D eigenvalue weighted by Gasteiger charge is -2.15. The predicted octanol–water partition coefficient (Wildman–Crippen LogP) is 4.55. The largest absolute Gasteiger partial charge is 0.390 e. The molecule has 26 heavy (non-hydrogen) atoms. The Balaban J connectivity index is 1.54. The number of aliphatic hydroxyl groups excluding tert-OH is 1. The summed E-state index contributed by atoms with van der Waals surface area (Å²) in [5.74, 6) is 0. The highest BCUT2D eigenvalue weighted by atomic mass is 127. The van der Waals surface area contributed by atoms with Gasteiger partial charge in [-0.15, -0.1) is 0 Å². The number of para-hydroxylation sites is 1. The van der Waals surface area contributed by atoms with E-state index in [0.29, 0.717) is 13.1 Å². The highest BCUT2D eigenvalue weighted by Gasteiger charge is 2.13. The van der Waals surface area contributed by atoms with Crippen LogP contribution in [0.1, 0.15) is 5.56 Å². The summed E-state index contributed by atoms with van der Waals surface area (Å²) in [6.07, 6.45) is -0.447. The number of benzene rings is 3. The summed E-state index contributed by atoms with van der Waals surface area (Å²) >= 11 is 2.35. The third-order valence-electron chi connectivity index (χ3n) is 4.68. The van der Waals surface area contributed by atoms with Gasteiger partial charge in [-0.05, 0) is 52.4 Å². The lowest BCUT2D eigenvalue weighted by molar-refractivity contribution is 0.154. The molecule has 1 aromatic heterocycles. The van der Waals surface area contributed by atoms with Crippen LogP contribution in [0.15, 0.2) is 72.8 Å². The van der Waals surface area contributed by atoms with Crippen molar-refractivity contribution in [3.8, 4) is 0 Å². The molecule has 0 saturated carbocycles. The molecule has 0 amide bonds. The second-order valence-corrected chi connectivity index (χ2v) is 7.81. The van der Waals surface area contributed by atoms with E-state index in [0.717, 1.165) is 6.54 Å². The van der Waals surface area contributed by atoms with E-state index < -0.39 is 6.10 Å². The molecular formula is C22H21IN2O. The van der Waals surface area contributed by atoms with Crippen LogP contribution in [-0.2, 0) is 13.1 Å². The van der Waals surface area contributed by atoms with Crippen LogP contribution in [0.5, 0.6) is 0 Å². The van der Waals surface area contributed by atoms with Crippen molar-refractivity contribution in [3.05, 3.63) is 81.9 Å². The zero-order valence-electron chi connectivity index (χ0n) is 14.4. The minimum Gasteiger partial charge on any atom is -0.390 e. The van der Waals surface area contributed by atoms with Gasteiger partial charge in [0.1, 0.15) is 0 Å². The summed E-state index contributed by atoms with van der Waals surface area (Å²) in [6.45, 7) is 1.91. The molecule has 0 aliphatic carbocycles. The first-order chi connectivity index (χ1) is 12.7. The van der Waals surface area contributed by atoms with Gasteiger partial charge in [0.05, 0.1) is 12.6 Å². The maximum Gasteiger partial charge on any atom is 0.0843 e. The van der Waals surface area contributed by atoms with Crippen molar-refractivity contribution in [2.45, 2.75) is 19.2 Å². The van der Waals surface area contributed by atoms with Crippen LogP contribution in [0, 0.1) is 3.57 Å². The second kappa shape index (κ2) is 7.78. The Labute approximate surface area is 166 Å². The van der Waals surface area contributed by atoms with E-state index in [1.54, 1.807) is 0 Å². The molecule has 0 unspecified atom stereocenters. The van der Waals surface area contributed by atoms with Gasteiger partial charge in [-0.25, -0.2) is 0 Å². The molecule has 132 valence electrons. The van der Waals surface area contributed by atoms with Gasteiger partial charge in [0, 0.05) is 38.5 Å². The maximum atomic E-state index is 10.6. The third kappa shape index (κ3) is 3.63. The van der Waals surface area contributed by atoms with Gasteiger partial charge in [0.25, 0.3) is 0 Å². The van der Waals surface area contributed by atoms with E-state index >= 15 is 0 Å². The first-order valence-corrected chi connectivity index (χ1v) is 9.89. The summed E-state index contributed by atoms with van der Waals surface area (Å²) in [7, 11) is 0. The van der Waals surface area contributed by atoms with Gasteiger partial charge >= 0.3 is 0 Å². The smallest absolute Gasteiger partial charge is 0.0843 e. The Kier molecular flexibility index (Phi) is 5.24. The summed E-state index contributed by atoms with van der Waals surface area (Å²) < 4.78 is 3.46. The molecule has 1 atom stereocenters. The average Bonchev–Trinajstić information content (AvgIpc) is 2.96. The van der Waals surface area contributed by atoms with Crippen LogP contribution in [-0.4, -0.2) is 22.3 Å². The number of aliphatic hydroxyl groups is 1. The zero-order valence-corrected chi connectivity index (χ0v) is 16.6. The Hall–Kier alpha value is -1.89. The summed E-state index contributed by atoms with van der Waals surface area (Å²) in [6, 6.07) is 25.2. The normalized spacial score (nSPS) is 12.7. The van der Waals surface area contributed by atoms with Crippen LogP contribution in [0.3, 0.4) is 0 Å². The van der Waals surface area contributed by atoms with E-state index in [9.17, 15) is 5.11 Å². The van der Waals surface area contributed by atoms with Crippen LogP contribution >= 0.6 is 22.6 Å². The average molecular weight is 456 g/mol. The molecule has 0 fully saturated rings. The Morgan fingerprint density at radius 3 is 2.46 bits per heavy atom. The number of aromatic nitrogens is 1. The summed E-state index contributed by atoms with van der Waals surface area (Å²) in [5.41, 5.74) is 3.58. The van der Waals surface area contributed by atoms with E-state index in [-0.39, 0.29) is 0 Å². The highest BCUT2D eigenvalue weighted by molar-refractivity contribution is 14.1. The third-order valence-corrected chi connectivity index (χ3v) is 5.35. The fourth-order valence-corrected chi connectivity index (χ4v) is 3.97. The van der Waals surface area contributed by atoms with Crippen molar-refractivity contribution in [1.29, 1.82) is 0 Å². The zero-order chi connectivity index (χ0) is 17.9. The number of rotatable bonds is 6. The van der Waals surface area contributed by atoms with E-state index in [2.05, 4.69) is 87.1 Å². The lowest BCUT2D eigenvalue weighted by Crippen LogP contribution is -2.29.